The molecule has 0 bridgehead atoms. The average molecular weight is 386 g/mol. The van der Waals surface area contributed by atoms with Crippen molar-refractivity contribution >= 4 is 35.4 Å². The molecular weight excluding hydrogens is 370 g/mol. The number of nitrogens with one attached hydrogen (secondary N) is 2. The Labute approximate surface area is 166 Å². The number of aromatic amines is 1. The zero-order valence-electron chi connectivity index (χ0n) is 14.3. The van der Waals surface area contributed by atoms with Gasteiger partial charge in [0.1, 0.15) is 0 Å². The molecule has 0 saturated heterocycles. The summed E-state index contributed by atoms with van der Waals surface area (Å²) in [7, 11) is 0. The van der Waals surface area contributed by atoms with Gasteiger partial charge in [-0.2, -0.15) is 0 Å². The van der Waals surface area contributed by atoms with E-state index in [9.17, 15) is 0 Å². The van der Waals surface area contributed by atoms with E-state index in [1.54, 1.807) is 11.8 Å². The van der Waals surface area contributed by atoms with E-state index in [0.717, 1.165) is 33.9 Å². The molecule has 0 radical (unpaired) electrons. The molecule has 5 heteroatoms. The SMILES string of the molecule is S=c1nc(-c2ccc3c(c2)Nc2ccccc2S3)cc(-c2ccccc2)[nH]1. The highest BCUT2D eigenvalue weighted by molar-refractivity contribution is 7.99. The van der Waals surface area contributed by atoms with Gasteiger partial charge in [-0.05, 0) is 48.1 Å². The minimum Gasteiger partial charge on any atom is -0.354 e. The molecule has 1 aliphatic heterocycles. The van der Waals surface area contributed by atoms with Crippen molar-refractivity contribution in [3.63, 3.8) is 0 Å². The molecule has 1 aliphatic rings. The molecule has 0 amide bonds. The molecule has 0 unspecified atom stereocenters. The normalized spacial score (nSPS) is 12.0. The Kier molecular flexibility index (Phi) is 4.03. The van der Waals surface area contributed by atoms with Gasteiger partial charge in [-0.25, -0.2) is 4.98 Å². The third-order valence-corrected chi connectivity index (χ3v) is 5.83. The van der Waals surface area contributed by atoms with Crippen LogP contribution in [0.25, 0.3) is 22.5 Å². The number of hydrogen-bond acceptors (Lipinski definition) is 4. The molecule has 3 aromatic carbocycles. The molecule has 0 aliphatic carbocycles. The van der Waals surface area contributed by atoms with Crippen LogP contribution in [0.3, 0.4) is 0 Å². The zero-order valence-corrected chi connectivity index (χ0v) is 15.9. The van der Waals surface area contributed by atoms with E-state index in [0.29, 0.717) is 4.77 Å². The first-order chi connectivity index (χ1) is 13.3. The second-order valence-electron chi connectivity index (χ2n) is 6.29. The van der Waals surface area contributed by atoms with Crippen molar-refractivity contribution in [3.05, 3.63) is 83.6 Å². The minimum atomic E-state index is 0.483. The molecule has 5 rings (SSSR count). The zero-order chi connectivity index (χ0) is 18.2. The van der Waals surface area contributed by atoms with Crippen LogP contribution in [0.5, 0.6) is 0 Å². The van der Waals surface area contributed by atoms with E-state index >= 15 is 0 Å². The maximum absolute atomic E-state index is 5.37. The molecule has 4 aromatic rings. The molecule has 0 spiro atoms. The number of aromatic nitrogens is 2. The van der Waals surface area contributed by atoms with Crippen molar-refractivity contribution in [2.75, 3.05) is 5.32 Å². The van der Waals surface area contributed by atoms with Crippen molar-refractivity contribution < 1.29 is 0 Å². The number of hydrogen-bond donors (Lipinski definition) is 2. The number of rotatable bonds is 2. The Morgan fingerprint density at radius 1 is 0.741 bits per heavy atom. The molecule has 0 fully saturated rings. The van der Waals surface area contributed by atoms with Gasteiger partial charge in [-0.1, -0.05) is 60.3 Å². The summed E-state index contributed by atoms with van der Waals surface area (Å²) in [6.07, 6.45) is 0. The van der Waals surface area contributed by atoms with Crippen molar-refractivity contribution in [3.8, 4) is 22.5 Å². The van der Waals surface area contributed by atoms with Crippen molar-refractivity contribution in [1.82, 2.24) is 9.97 Å². The lowest BCUT2D eigenvalue weighted by molar-refractivity contribution is 1.14. The molecule has 0 atom stereocenters. The van der Waals surface area contributed by atoms with Gasteiger partial charge < -0.3 is 10.3 Å². The molecular formula is C22H15N3S2. The van der Waals surface area contributed by atoms with E-state index in [-0.39, 0.29) is 0 Å². The van der Waals surface area contributed by atoms with Crippen molar-refractivity contribution in [2.24, 2.45) is 0 Å². The monoisotopic (exact) mass is 385 g/mol. The largest absolute Gasteiger partial charge is 0.354 e. The minimum absolute atomic E-state index is 0.483. The number of para-hydroxylation sites is 1. The van der Waals surface area contributed by atoms with Crippen LogP contribution in [-0.4, -0.2) is 9.97 Å². The van der Waals surface area contributed by atoms with Crippen LogP contribution in [-0.2, 0) is 0 Å². The van der Waals surface area contributed by atoms with Crippen molar-refractivity contribution in [2.45, 2.75) is 9.79 Å². The Morgan fingerprint density at radius 3 is 2.41 bits per heavy atom. The van der Waals surface area contributed by atoms with E-state index in [2.05, 4.69) is 69.9 Å². The fourth-order valence-corrected chi connectivity index (χ4v) is 4.35. The fraction of sp³-hybridized carbons (Fsp3) is 0. The summed E-state index contributed by atoms with van der Waals surface area (Å²) in [5.41, 5.74) is 6.20. The van der Waals surface area contributed by atoms with E-state index in [1.165, 1.54) is 9.79 Å². The summed E-state index contributed by atoms with van der Waals surface area (Å²) in [5.74, 6) is 0. The highest BCUT2D eigenvalue weighted by Crippen LogP contribution is 2.45. The Bertz CT molecular complexity index is 1200. The van der Waals surface area contributed by atoms with Gasteiger partial charge in [0.15, 0.2) is 4.77 Å². The molecule has 1 aromatic heterocycles. The summed E-state index contributed by atoms with van der Waals surface area (Å²) in [6.45, 7) is 0. The predicted molar refractivity (Wildman–Crippen MR) is 114 cm³/mol. The summed E-state index contributed by atoms with van der Waals surface area (Å²) < 4.78 is 0.483. The van der Waals surface area contributed by atoms with Crippen LogP contribution in [0.15, 0.2) is 88.7 Å². The maximum atomic E-state index is 5.37. The summed E-state index contributed by atoms with van der Waals surface area (Å²) >= 11 is 7.15. The molecule has 0 saturated carbocycles. The highest BCUT2D eigenvalue weighted by atomic mass is 32.2. The first-order valence-electron chi connectivity index (χ1n) is 8.61. The second kappa shape index (κ2) is 6.68. The van der Waals surface area contributed by atoms with Gasteiger partial charge in [-0.15, -0.1) is 0 Å². The summed E-state index contributed by atoms with van der Waals surface area (Å²) in [5, 5.41) is 3.53. The van der Waals surface area contributed by atoms with Crippen LogP contribution >= 0.6 is 24.0 Å². The quantitative estimate of drug-likeness (QED) is 0.333. The van der Waals surface area contributed by atoms with E-state index in [1.807, 2.05) is 24.3 Å². The molecule has 27 heavy (non-hydrogen) atoms. The standard InChI is InChI=1S/C22H15N3S2/c26-22-24-17(14-6-2-1-3-7-14)13-18(25-22)15-10-11-21-19(12-15)23-16-8-4-5-9-20(16)27-21/h1-13,23H,(H,24,25,26). The number of anilines is 2. The number of benzene rings is 3. The first kappa shape index (κ1) is 16.3. The smallest absolute Gasteiger partial charge is 0.197 e. The molecule has 3 nitrogen and oxygen atoms in total. The second-order valence-corrected chi connectivity index (χ2v) is 7.76. The average Bonchev–Trinajstić information content (AvgIpc) is 2.72. The lowest BCUT2D eigenvalue weighted by atomic mass is 10.1. The van der Waals surface area contributed by atoms with Crippen LogP contribution in [0.1, 0.15) is 0 Å². The third kappa shape index (κ3) is 3.16. The van der Waals surface area contributed by atoms with Gasteiger partial charge in [-0.3, -0.25) is 0 Å². The molecule has 2 N–H and O–H groups in total. The van der Waals surface area contributed by atoms with Gasteiger partial charge in [0.25, 0.3) is 0 Å². The lowest BCUT2D eigenvalue weighted by Gasteiger charge is -2.21. The molecule has 130 valence electrons. The van der Waals surface area contributed by atoms with Gasteiger partial charge in [0, 0.05) is 21.0 Å². The molecule has 2 heterocycles. The summed E-state index contributed by atoms with van der Waals surface area (Å²) in [4.78, 5) is 10.2. The van der Waals surface area contributed by atoms with E-state index < -0.39 is 0 Å². The Balaban J connectivity index is 1.57. The third-order valence-electron chi connectivity index (χ3n) is 4.48. The fourth-order valence-electron chi connectivity index (χ4n) is 3.18. The highest BCUT2D eigenvalue weighted by Gasteiger charge is 2.16. The topological polar surface area (TPSA) is 40.7 Å². The Hall–Kier alpha value is -2.89. The van der Waals surface area contributed by atoms with Gasteiger partial charge in [0.2, 0.25) is 0 Å². The van der Waals surface area contributed by atoms with Gasteiger partial charge >= 0.3 is 0 Å². The number of nitrogens with zero attached hydrogens (tertiary/aromatic N) is 1. The number of H-pyrrole nitrogens is 1. The maximum Gasteiger partial charge on any atom is 0.197 e. The number of fused-ring (bicyclic) bond motifs is 2. The van der Waals surface area contributed by atoms with Crippen LogP contribution in [0.2, 0.25) is 0 Å². The van der Waals surface area contributed by atoms with Crippen molar-refractivity contribution in [1.29, 1.82) is 0 Å². The van der Waals surface area contributed by atoms with Crippen LogP contribution in [0.4, 0.5) is 11.4 Å². The summed E-state index contributed by atoms with van der Waals surface area (Å²) in [6, 6.07) is 26.9. The predicted octanol–water partition coefficient (Wildman–Crippen LogP) is 6.68. The first-order valence-corrected chi connectivity index (χ1v) is 9.84. The van der Waals surface area contributed by atoms with Crippen LogP contribution < -0.4 is 5.32 Å². The van der Waals surface area contributed by atoms with E-state index in [4.69, 9.17) is 12.2 Å². The van der Waals surface area contributed by atoms with Gasteiger partial charge in [0.05, 0.1) is 17.1 Å². The lowest BCUT2D eigenvalue weighted by Crippen LogP contribution is -2.00. The van der Waals surface area contributed by atoms with Crippen LogP contribution in [0, 0.1) is 4.77 Å². The Morgan fingerprint density at radius 2 is 1.52 bits per heavy atom.